The minimum absolute atomic E-state index is 0.0677. The summed E-state index contributed by atoms with van der Waals surface area (Å²) in [4.78, 5) is 26.7. The lowest BCUT2D eigenvalue weighted by atomic mass is 9.91. The Hall–Kier alpha value is -1.91. The van der Waals surface area contributed by atoms with Crippen molar-refractivity contribution in [3.63, 3.8) is 0 Å². The Morgan fingerprint density at radius 2 is 2.00 bits per heavy atom. The SMILES string of the molecule is CCOC(=O)C1CCCN(C(=O)C2(c3ccc(F)cc3)CC2)C1. The van der Waals surface area contributed by atoms with E-state index in [9.17, 15) is 14.0 Å². The number of carbonyl (C=O) groups excluding carboxylic acids is 2. The number of ether oxygens (including phenoxy) is 1. The van der Waals surface area contributed by atoms with Crippen LogP contribution in [0.2, 0.25) is 0 Å². The van der Waals surface area contributed by atoms with Gasteiger partial charge in [0, 0.05) is 13.1 Å². The van der Waals surface area contributed by atoms with Gasteiger partial charge in [-0.1, -0.05) is 12.1 Å². The first-order valence-electron chi connectivity index (χ1n) is 8.29. The van der Waals surface area contributed by atoms with E-state index in [-0.39, 0.29) is 23.6 Å². The van der Waals surface area contributed by atoms with Crippen LogP contribution in [0.25, 0.3) is 0 Å². The number of nitrogens with zero attached hydrogens (tertiary/aromatic N) is 1. The lowest BCUT2D eigenvalue weighted by Crippen LogP contribution is -2.47. The van der Waals surface area contributed by atoms with Crippen LogP contribution in [0.15, 0.2) is 24.3 Å². The highest BCUT2D eigenvalue weighted by atomic mass is 19.1. The van der Waals surface area contributed by atoms with Crippen molar-refractivity contribution in [1.29, 1.82) is 0 Å². The molecule has 3 rings (SSSR count). The second kappa shape index (κ2) is 6.30. The van der Waals surface area contributed by atoms with E-state index in [1.54, 1.807) is 24.0 Å². The molecule has 4 nitrogen and oxygen atoms in total. The molecule has 23 heavy (non-hydrogen) atoms. The Morgan fingerprint density at radius 1 is 1.30 bits per heavy atom. The molecule has 1 saturated heterocycles. The van der Waals surface area contributed by atoms with Crippen molar-refractivity contribution in [2.24, 2.45) is 5.92 Å². The fraction of sp³-hybridized carbons (Fsp3) is 0.556. The molecule has 2 aliphatic rings. The van der Waals surface area contributed by atoms with Crippen molar-refractivity contribution >= 4 is 11.9 Å². The van der Waals surface area contributed by atoms with Crippen LogP contribution in [-0.4, -0.2) is 36.5 Å². The molecule has 1 atom stereocenters. The predicted octanol–water partition coefficient (Wildman–Crippen LogP) is 2.66. The molecule has 0 bridgehead atoms. The number of carbonyl (C=O) groups is 2. The van der Waals surface area contributed by atoms with Gasteiger partial charge in [0.2, 0.25) is 5.91 Å². The number of amides is 1. The first kappa shape index (κ1) is 16.0. The van der Waals surface area contributed by atoms with Crippen LogP contribution in [0.1, 0.15) is 38.2 Å². The van der Waals surface area contributed by atoms with Gasteiger partial charge in [-0.2, -0.15) is 0 Å². The topological polar surface area (TPSA) is 46.6 Å². The Morgan fingerprint density at radius 3 is 2.61 bits per heavy atom. The molecule has 1 saturated carbocycles. The third kappa shape index (κ3) is 3.09. The standard InChI is InChI=1S/C18H22FNO3/c1-2-23-16(21)13-4-3-11-20(12-13)17(22)18(9-10-18)14-5-7-15(19)8-6-14/h5-8,13H,2-4,9-12H2,1H3. The normalized spacial score (nSPS) is 22.5. The molecule has 1 aliphatic carbocycles. The molecule has 0 radical (unpaired) electrons. The molecule has 2 fully saturated rings. The van der Waals surface area contributed by atoms with E-state index in [4.69, 9.17) is 4.74 Å². The van der Waals surface area contributed by atoms with Crippen molar-refractivity contribution in [2.75, 3.05) is 19.7 Å². The largest absolute Gasteiger partial charge is 0.466 e. The second-order valence-corrected chi connectivity index (χ2v) is 6.43. The number of halogens is 1. The molecule has 1 aliphatic heterocycles. The van der Waals surface area contributed by atoms with E-state index in [2.05, 4.69) is 0 Å². The zero-order chi connectivity index (χ0) is 16.4. The van der Waals surface area contributed by atoms with E-state index in [1.807, 2.05) is 0 Å². The minimum Gasteiger partial charge on any atom is -0.466 e. The van der Waals surface area contributed by atoms with Gasteiger partial charge in [-0.25, -0.2) is 4.39 Å². The van der Waals surface area contributed by atoms with Crippen molar-refractivity contribution in [3.05, 3.63) is 35.6 Å². The number of likely N-dealkylation sites (tertiary alicyclic amines) is 1. The summed E-state index contributed by atoms with van der Waals surface area (Å²) < 4.78 is 18.2. The van der Waals surface area contributed by atoms with Crippen LogP contribution in [0, 0.1) is 11.7 Å². The maximum Gasteiger partial charge on any atom is 0.310 e. The van der Waals surface area contributed by atoms with Gasteiger partial charge >= 0.3 is 5.97 Å². The van der Waals surface area contributed by atoms with E-state index < -0.39 is 5.41 Å². The summed E-state index contributed by atoms with van der Waals surface area (Å²) in [6, 6.07) is 6.21. The summed E-state index contributed by atoms with van der Waals surface area (Å²) in [5.41, 5.74) is 0.367. The highest BCUT2D eigenvalue weighted by molar-refractivity contribution is 5.91. The monoisotopic (exact) mass is 319 g/mol. The molecular formula is C18H22FNO3. The van der Waals surface area contributed by atoms with Crippen molar-refractivity contribution < 1.29 is 18.7 Å². The minimum atomic E-state index is -0.510. The average Bonchev–Trinajstić information content (AvgIpc) is 3.37. The highest BCUT2D eigenvalue weighted by Crippen LogP contribution is 2.50. The van der Waals surface area contributed by atoms with E-state index in [1.165, 1.54) is 12.1 Å². The molecule has 5 heteroatoms. The van der Waals surface area contributed by atoms with Crippen LogP contribution in [-0.2, 0) is 19.7 Å². The van der Waals surface area contributed by atoms with Crippen LogP contribution in [0.3, 0.4) is 0 Å². The van der Waals surface area contributed by atoms with Crippen molar-refractivity contribution in [2.45, 2.75) is 38.0 Å². The average molecular weight is 319 g/mol. The van der Waals surface area contributed by atoms with Crippen molar-refractivity contribution in [1.82, 2.24) is 4.90 Å². The molecule has 1 unspecified atom stereocenters. The molecule has 0 aromatic heterocycles. The number of esters is 1. The Balaban J connectivity index is 1.72. The maximum absolute atomic E-state index is 13.1. The number of benzene rings is 1. The molecule has 1 amide bonds. The van der Waals surface area contributed by atoms with E-state index in [0.29, 0.717) is 19.7 Å². The summed E-state index contributed by atoms with van der Waals surface area (Å²) in [5, 5.41) is 0. The zero-order valence-corrected chi connectivity index (χ0v) is 13.4. The molecule has 0 spiro atoms. The number of hydrogen-bond acceptors (Lipinski definition) is 3. The van der Waals surface area contributed by atoms with Gasteiger partial charge in [-0.05, 0) is 50.3 Å². The van der Waals surface area contributed by atoms with Gasteiger partial charge in [0.15, 0.2) is 0 Å². The predicted molar refractivity (Wildman–Crippen MR) is 83.2 cm³/mol. The Bertz CT molecular complexity index is 595. The van der Waals surface area contributed by atoms with Crippen LogP contribution < -0.4 is 0 Å². The maximum atomic E-state index is 13.1. The summed E-state index contributed by atoms with van der Waals surface area (Å²) in [5.74, 6) is -0.663. The molecule has 0 N–H and O–H groups in total. The third-order valence-electron chi connectivity index (χ3n) is 4.88. The number of hydrogen-bond donors (Lipinski definition) is 0. The van der Waals surface area contributed by atoms with Gasteiger partial charge in [-0.15, -0.1) is 0 Å². The van der Waals surface area contributed by atoms with E-state index >= 15 is 0 Å². The van der Waals surface area contributed by atoms with E-state index in [0.717, 1.165) is 31.2 Å². The van der Waals surface area contributed by atoms with Gasteiger partial charge in [0.1, 0.15) is 5.82 Å². The molecule has 124 valence electrons. The fourth-order valence-electron chi connectivity index (χ4n) is 3.44. The van der Waals surface area contributed by atoms with Gasteiger partial charge in [0.25, 0.3) is 0 Å². The number of rotatable bonds is 4. The third-order valence-corrected chi connectivity index (χ3v) is 4.88. The van der Waals surface area contributed by atoms with Crippen LogP contribution >= 0.6 is 0 Å². The van der Waals surface area contributed by atoms with Crippen LogP contribution in [0.4, 0.5) is 4.39 Å². The lowest BCUT2D eigenvalue weighted by Gasteiger charge is -2.34. The molecule has 1 aromatic carbocycles. The summed E-state index contributed by atoms with van der Waals surface area (Å²) in [6.07, 6.45) is 3.16. The zero-order valence-electron chi connectivity index (χ0n) is 13.4. The fourth-order valence-corrected chi connectivity index (χ4v) is 3.44. The molecular weight excluding hydrogens is 297 g/mol. The smallest absolute Gasteiger partial charge is 0.310 e. The van der Waals surface area contributed by atoms with Gasteiger partial charge < -0.3 is 9.64 Å². The van der Waals surface area contributed by atoms with Gasteiger partial charge in [-0.3, -0.25) is 9.59 Å². The Labute approximate surface area is 135 Å². The van der Waals surface area contributed by atoms with Gasteiger partial charge in [0.05, 0.1) is 17.9 Å². The van der Waals surface area contributed by atoms with Crippen molar-refractivity contribution in [3.8, 4) is 0 Å². The summed E-state index contributed by atoms with van der Waals surface area (Å²) in [6.45, 7) is 3.26. The summed E-state index contributed by atoms with van der Waals surface area (Å²) >= 11 is 0. The van der Waals surface area contributed by atoms with Crippen LogP contribution in [0.5, 0.6) is 0 Å². The molecule has 1 heterocycles. The first-order valence-corrected chi connectivity index (χ1v) is 8.29. The molecule has 1 aromatic rings. The second-order valence-electron chi connectivity index (χ2n) is 6.43. The summed E-state index contributed by atoms with van der Waals surface area (Å²) in [7, 11) is 0. The quantitative estimate of drug-likeness (QED) is 0.802. The first-order chi connectivity index (χ1) is 11.1. The Kier molecular flexibility index (Phi) is 4.37. The highest BCUT2D eigenvalue weighted by Gasteiger charge is 2.53. The lowest BCUT2D eigenvalue weighted by molar-refractivity contribution is -0.151. The number of piperidine rings is 1.